The minimum atomic E-state index is -0.830. The monoisotopic (exact) mass is 426 g/mol. The third kappa shape index (κ3) is 7.79. The van der Waals surface area contributed by atoms with Crippen LogP contribution in [0.5, 0.6) is 5.75 Å². The summed E-state index contributed by atoms with van der Waals surface area (Å²) in [5, 5.41) is 0. The van der Waals surface area contributed by atoms with E-state index in [4.69, 9.17) is 4.74 Å². The van der Waals surface area contributed by atoms with Gasteiger partial charge in [-0.3, -0.25) is 0 Å². The summed E-state index contributed by atoms with van der Waals surface area (Å²) in [6.07, 6.45) is 18.2. The first kappa shape index (κ1) is 23.5. The van der Waals surface area contributed by atoms with Gasteiger partial charge in [0, 0.05) is 0 Å². The Balaban J connectivity index is 1.34. The van der Waals surface area contributed by atoms with Gasteiger partial charge >= 0.3 is 0 Å². The van der Waals surface area contributed by atoms with Crippen LogP contribution >= 0.6 is 0 Å². The van der Waals surface area contributed by atoms with E-state index in [9.17, 15) is 8.78 Å². The second-order valence-corrected chi connectivity index (χ2v) is 8.88. The van der Waals surface area contributed by atoms with Gasteiger partial charge in [0.1, 0.15) is 12.4 Å². The maximum Gasteiger partial charge on any atom is 0.159 e. The van der Waals surface area contributed by atoms with Crippen molar-refractivity contribution < 1.29 is 13.5 Å². The van der Waals surface area contributed by atoms with Gasteiger partial charge < -0.3 is 4.74 Å². The Bertz CT molecular complexity index is 804. The smallest absolute Gasteiger partial charge is 0.159 e. The molecule has 0 heterocycles. The fraction of sp³-hybridized carbons (Fsp3) is 0.500. The second-order valence-electron chi connectivity index (χ2n) is 8.88. The zero-order valence-electron chi connectivity index (χ0n) is 18.8. The molecule has 2 aromatic carbocycles. The van der Waals surface area contributed by atoms with Crippen molar-refractivity contribution in [3.8, 4) is 16.9 Å². The van der Waals surface area contributed by atoms with Gasteiger partial charge in [0.05, 0.1) is 0 Å². The van der Waals surface area contributed by atoms with Gasteiger partial charge in [-0.05, 0) is 72.9 Å². The average molecular weight is 427 g/mol. The first-order chi connectivity index (χ1) is 15.2. The molecular formula is C28H36F2O. The van der Waals surface area contributed by atoms with E-state index in [1.165, 1.54) is 70.3 Å². The van der Waals surface area contributed by atoms with E-state index in [1.807, 2.05) is 24.3 Å². The Morgan fingerprint density at radius 3 is 2.26 bits per heavy atom. The molecule has 2 aromatic rings. The zero-order valence-corrected chi connectivity index (χ0v) is 18.8. The first-order valence-electron chi connectivity index (χ1n) is 12.0. The van der Waals surface area contributed by atoms with Crippen LogP contribution in [0.2, 0.25) is 0 Å². The maximum absolute atomic E-state index is 13.4. The minimum absolute atomic E-state index is 0.557. The highest BCUT2D eigenvalue weighted by molar-refractivity contribution is 5.64. The lowest BCUT2D eigenvalue weighted by atomic mass is 9.79. The molecule has 0 saturated heterocycles. The van der Waals surface area contributed by atoms with Gasteiger partial charge in [0.15, 0.2) is 11.6 Å². The van der Waals surface area contributed by atoms with Crippen molar-refractivity contribution in [2.45, 2.75) is 71.1 Å². The Hall–Kier alpha value is -2.16. The summed E-state index contributed by atoms with van der Waals surface area (Å²) < 4.78 is 32.3. The number of hydrogen-bond acceptors (Lipinski definition) is 1. The highest BCUT2D eigenvalue weighted by atomic mass is 19.2. The lowest BCUT2D eigenvalue weighted by Gasteiger charge is -2.26. The van der Waals surface area contributed by atoms with Crippen LogP contribution in [-0.2, 0) is 0 Å². The molecule has 31 heavy (non-hydrogen) atoms. The molecule has 0 atom stereocenters. The van der Waals surface area contributed by atoms with Crippen LogP contribution in [0.15, 0.2) is 54.6 Å². The Morgan fingerprint density at radius 1 is 0.839 bits per heavy atom. The summed E-state index contributed by atoms with van der Waals surface area (Å²) in [4.78, 5) is 0. The summed E-state index contributed by atoms with van der Waals surface area (Å²) >= 11 is 0. The highest BCUT2D eigenvalue weighted by Crippen LogP contribution is 2.32. The van der Waals surface area contributed by atoms with Crippen LogP contribution < -0.4 is 4.74 Å². The van der Waals surface area contributed by atoms with Crippen LogP contribution in [0.25, 0.3) is 11.1 Å². The van der Waals surface area contributed by atoms with E-state index in [2.05, 4.69) is 19.1 Å². The van der Waals surface area contributed by atoms with Crippen molar-refractivity contribution in [1.82, 2.24) is 0 Å². The van der Waals surface area contributed by atoms with Crippen molar-refractivity contribution in [1.29, 1.82) is 0 Å². The Labute approximate surface area is 186 Å². The van der Waals surface area contributed by atoms with Gasteiger partial charge in [0.2, 0.25) is 0 Å². The van der Waals surface area contributed by atoms with Crippen molar-refractivity contribution in [2.24, 2.45) is 11.8 Å². The van der Waals surface area contributed by atoms with Crippen molar-refractivity contribution >= 4 is 0 Å². The number of benzene rings is 2. The summed E-state index contributed by atoms with van der Waals surface area (Å²) in [5.74, 6) is 0.754. The predicted octanol–water partition coefficient (Wildman–Crippen LogP) is 8.73. The summed E-state index contributed by atoms with van der Waals surface area (Å²) in [6, 6.07) is 11.4. The lowest BCUT2D eigenvalue weighted by Crippen LogP contribution is -2.13. The summed E-state index contributed by atoms with van der Waals surface area (Å²) in [6.45, 7) is 2.83. The number of ether oxygens (including phenoxy) is 1. The van der Waals surface area contributed by atoms with Crippen molar-refractivity contribution in [3.63, 3.8) is 0 Å². The first-order valence-corrected chi connectivity index (χ1v) is 12.0. The molecule has 0 unspecified atom stereocenters. The second kappa shape index (κ2) is 12.6. The third-order valence-corrected chi connectivity index (χ3v) is 6.47. The largest absolute Gasteiger partial charge is 0.490 e. The van der Waals surface area contributed by atoms with Crippen LogP contribution in [0.1, 0.15) is 71.1 Å². The van der Waals surface area contributed by atoms with Gasteiger partial charge in [-0.15, -0.1) is 0 Å². The van der Waals surface area contributed by atoms with E-state index in [1.54, 1.807) is 6.07 Å². The molecule has 0 amide bonds. The molecule has 1 saturated carbocycles. The quantitative estimate of drug-likeness (QED) is 0.258. The van der Waals surface area contributed by atoms with Gasteiger partial charge in [-0.2, -0.15) is 0 Å². The molecule has 3 heteroatoms. The molecule has 0 spiro atoms. The molecule has 168 valence electrons. The third-order valence-electron chi connectivity index (χ3n) is 6.47. The highest BCUT2D eigenvalue weighted by Gasteiger charge is 2.18. The minimum Gasteiger partial charge on any atom is -0.490 e. The fourth-order valence-electron chi connectivity index (χ4n) is 4.52. The van der Waals surface area contributed by atoms with Crippen LogP contribution in [0.3, 0.4) is 0 Å². The topological polar surface area (TPSA) is 9.23 Å². The molecule has 0 aliphatic heterocycles. The number of allylic oxidation sites excluding steroid dienone is 1. The summed E-state index contributed by atoms with van der Waals surface area (Å²) in [7, 11) is 0. The van der Waals surface area contributed by atoms with Crippen molar-refractivity contribution in [2.75, 3.05) is 6.61 Å². The standard InChI is InChI=1S/C28H36F2O/c1-2-3-4-5-6-8-22-10-12-23(13-11-22)9-7-20-31-26-17-14-24(15-18-26)25-16-19-27(29)28(30)21-25/h7,9,14-19,21-23H,2-6,8,10-13,20H2,1H3/b9-7+. The number of rotatable bonds is 11. The van der Waals surface area contributed by atoms with Crippen molar-refractivity contribution in [3.05, 3.63) is 66.3 Å². The molecule has 1 aliphatic carbocycles. The van der Waals surface area contributed by atoms with E-state index < -0.39 is 11.6 Å². The normalized spacial score (nSPS) is 19.1. The molecule has 0 bridgehead atoms. The van der Waals surface area contributed by atoms with E-state index in [-0.39, 0.29) is 0 Å². The van der Waals surface area contributed by atoms with Crippen LogP contribution in [0, 0.1) is 23.5 Å². The van der Waals surface area contributed by atoms with Crippen LogP contribution in [-0.4, -0.2) is 6.61 Å². The molecule has 1 fully saturated rings. The molecule has 3 rings (SSSR count). The van der Waals surface area contributed by atoms with E-state index in [0.717, 1.165) is 23.3 Å². The van der Waals surface area contributed by atoms with Gasteiger partial charge in [-0.1, -0.05) is 75.8 Å². The SMILES string of the molecule is CCCCCCCC1CCC(/C=C/COc2ccc(-c3ccc(F)c(F)c3)cc2)CC1. The van der Waals surface area contributed by atoms with Gasteiger partial charge in [-0.25, -0.2) is 8.78 Å². The lowest BCUT2D eigenvalue weighted by molar-refractivity contribution is 0.287. The van der Waals surface area contributed by atoms with E-state index >= 15 is 0 Å². The van der Waals surface area contributed by atoms with Gasteiger partial charge in [0.25, 0.3) is 0 Å². The van der Waals surface area contributed by atoms with Crippen LogP contribution in [0.4, 0.5) is 8.78 Å². The number of halogens is 2. The zero-order chi connectivity index (χ0) is 21.9. The molecule has 0 radical (unpaired) electrons. The fourth-order valence-corrected chi connectivity index (χ4v) is 4.52. The molecule has 1 nitrogen and oxygen atoms in total. The number of hydrogen-bond donors (Lipinski definition) is 0. The molecule has 0 aromatic heterocycles. The molecular weight excluding hydrogens is 390 g/mol. The summed E-state index contributed by atoms with van der Waals surface area (Å²) in [5.41, 5.74) is 1.49. The molecule has 1 aliphatic rings. The number of unbranched alkanes of at least 4 members (excludes halogenated alkanes) is 4. The van der Waals surface area contributed by atoms with E-state index in [0.29, 0.717) is 18.1 Å². The molecule has 0 N–H and O–H groups in total. The Kier molecular flexibility index (Phi) is 9.58. The average Bonchev–Trinajstić information content (AvgIpc) is 2.80. The predicted molar refractivity (Wildman–Crippen MR) is 125 cm³/mol. The maximum atomic E-state index is 13.4. The Morgan fingerprint density at radius 2 is 1.55 bits per heavy atom.